The fourth-order valence-corrected chi connectivity index (χ4v) is 4.12. The topological polar surface area (TPSA) is 46.2 Å². The van der Waals surface area contributed by atoms with E-state index in [1.54, 1.807) is 0 Å². The molecule has 1 aliphatic rings. The monoisotopic (exact) mass is 299 g/mol. The Morgan fingerprint density at radius 1 is 1.12 bits per heavy atom. The van der Waals surface area contributed by atoms with Gasteiger partial charge in [0, 0.05) is 11.1 Å². The van der Waals surface area contributed by atoms with E-state index in [2.05, 4.69) is 4.72 Å². The Morgan fingerprint density at radius 2 is 1.62 bits per heavy atom. The molecule has 1 saturated carbocycles. The smallest absolute Gasteiger partial charge is 0.208 e. The van der Waals surface area contributed by atoms with E-state index in [0.717, 1.165) is 12.8 Å². The van der Waals surface area contributed by atoms with Crippen LogP contribution in [0.1, 0.15) is 12.8 Å². The van der Waals surface area contributed by atoms with Crippen LogP contribution in [0.4, 0.5) is 0 Å². The van der Waals surface area contributed by atoms with Crippen molar-refractivity contribution >= 4 is 44.8 Å². The lowest BCUT2D eigenvalue weighted by Gasteiger charge is -2.09. The Hall–Kier alpha value is -0.000000000000000167. The summed E-state index contributed by atoms with van der Waals surface area (Å²) < 4.78 is 26.3. The van der Waals surface area contributed by atoms with Crippen molar-refractivity contribution in [3.05, 3.63) is 27.2 Å². The summed E-state index contributed by atoms with van der Waals surface area (Å²) in [6.07, 6.45) is 1.70. The van der Waals surface area contributed by atoms with Gasteiger partial charge in [-0.1, -0.05) is 34.8 Å². The largest absolute Gasteiger partial charge is 0.243 e. The van der Waals surface area contributed by atoms with E-state index in [4.69, 9.17) is 34.8 Å². The van der Waals surface area contributed by atoms with Crippen LogP contribution in [0.5, 0.6) is 0 Å². The van der Waals surface area contributed by atoms with Crippen LogP contribution in [0.3, 0.4) is 0 Å². The van der Waals surface area contributed by atoms with E-state index >= 15 is 0 Å². The number of sulfonamides is 1. The number of hydrogen-bond acceptors (Lipinski definition) is 2. The normalized spacial score (nSPS) is 16.4. The van der Waals surface area contributed by atoms with Gasteiger partial charge in [0.15, 0.2) is 0 Å². The van der Waals surface area contributed by atoms with Crippen molar-refractivity contribution in [2.24, 2.45) is 0 Å². The van der Waals surface area contributed by atoms with Crippen LogP contribution in [-0.4, -0.2) is 14.5 Å². The number of hydrogen-bond donors (Lipinski definition) is 1. The maximum absolute atomic E-state index is 11.9. The zero-order valence-corrected chi connectivity index (χ0v) is 11.1. The summed E-state index contributed by atoms with van der Waals surface area (Å²) in [5.74, 6) is 0. The first kappa shape index (κ1) is 12.5. The average Bonchev–Trinajstić information content (AvgIpc) is 2.83. The molecule has 0 unspecified atom stereocenters. The highest BCUT2D eigenvalue weighted by Crippen LogP contribution is 2.33. The number of nitrogens with one attached hydrogen (secondary N) is 1. The van der Waals surface area contributed by atoms with Gasteiger partial charge in [-0.15, -0.1) is 0 Å². The van der Waals surface area contributed by atoms with Crippen LogP contribution in [0, 0.1) is 0 Å². The quantitative estimate of drug-likeness (QED) is 0.932. The summed E-state index contributed by atoms with van der Waals surface area (Å²) in [5, 5.41) is 0.372. The maximum atomic E-state index is 11.9. The van der Waals surface area contributed by atoms with Crippen molar-refractivity contribution in [1.82, 2.24) is 4.72 Å². The fraction of sp³-hybridized carbons (Fsp3) is 0.333. The summed E-state index contributed by atoms with van der Waals surface area (Å²) >= 11 is 17.4. The standard InChI is InChI=1S/C9H8Cl3NO2S/c10-5-3-7(11)9(8(12)4-5)16(14,15)13-6-1-2-6/h3-4,6,13H,1-2H2. The Balaban J connectivity index is 2.46. The van der Waals surface area contributed by atoms with Gasteiger partial charge >= 0.3 is 0 Å². The molecule has 7 heteroatoms. The zero-order valence-electron chi connectivity index (χ0n) is 8.00. The van der Waals surface area contributed by atoms with Crippen LogP contribution in [-0.2, 0) is 10.0 Å². The molecule has 0 amide bonds. The van der Waals surface area contributed by atoms with Crippen molar-refractivity contribution in [3.63, 3.8) is 0 Å². The Bertz CT molecular complexity index is 503. The molecule has 1 aromatic rings. The molecule has 1 N–H and O–H groups in total. The molecule has 2 rings (SSSR count). The molecule has 3 nitrogen and oxygen atoms in total. The van der Waals surface area contributed by atoms with E-state index in [9.17, 15) is 8.42 Å². The van der Waals surface area contributed by atoms with Crippen molar-refractivity contribution in [2.75, 3.05) is 0 Å². The van der Waals surface area contributed by atoms with Gasteiger partial charge < -0.3 is 0 Å². The minimum absolute atomic E-state index is 0.00723. The number of rotatable bonds is 3. The molecule has 0 aromatic heterocycles. The predicted octanol–water partition coefficient (Wildman–Crippen LogP) is 3.09. The van der Waals surface area contributed by atoms with Gasteiger partial charge in [-0.05, 0) is 25.0 Å². The summed E-state index contributed by atoms with van der Waals surface area (Å²) in [7, 11) is -3.65. The van der Waals surface area contributed by atoms with Crippen molar-refractivity contribution in [2.45, 2.75) is 23.8 Å². The third kappa shape index (κ3) is 2.63. The summed E-state index contributed by atoms with van der Waals surface area (Å²) in [6, 6.07) is 2.72. The predicted molar refractivity (Wildman–Crippen MR) is 64.8 cm³/mol. The summed E-state index contributed by atoms with van der Waals surface area (Å²) in [6.45, 7) is 0. The molecule has 16 heavy (non-hydrogen) atoms. The third-order valence-corrected chi connectivity index (χ3v) is 4.79. The number of benzene rings is 1. The molecule has 0 spiro atoms. The van der Waals surface area contributed by atoms with Gasteiger partial charge in [-0.25, -0.2) is 13.1 Å². The maximum Gasteiger partial charge on any atom is 0.243 e. The number of halogens is 3. The molecule has 1 aliphatic carbocycles. The molecule has 0 radical (unpaired) electrons. The first-order valence-corrected chi connectivity index (χ1v) is 7.19. The van der Waals surface area contributed by atoms with Crippen molar-refractivity contribution in [1.29, 1.82) is 0 Å². The molecule has 88 valence electrons. The van der Waals surface area contributed by atoms with Gasteiger partial charge in [-0.3, -0.25) is 0 Å². The molecule has 1 fully saturated rings. The third-order valence-electron chi connectivity index (χ3n) is 2.13. The highest BCUT2D eigenvalue weighted by Gasteiger charge is 2.30. The lowest BCUT2D eigenvalue weighted by molar-refractivity contribution is 0.581. The lowest BCUT2D eigenvalue weighted by Crippen LogP contribution is -2.26. The summed E-state index contributed by atoms with van der Waals surface area (Å²) in [5.41, 5.74) is 0. The minimum atomic E-state index is -3.65. The first-order chi connectivity index (χ1) is 7.40. The summed E-state index contributed by atoms with van der Waals surface area (Å²) in [4.78, 5) is -0.105. The van der Waals surface area contributed by atoms with Crippen molar-refractivity contribution in [3.8, 4) is 0 Å². The van der Waals surface area contributed by atoms with Gasteiger partial charge in [0.1, 0.15) is 4.90 Å². The molecule has 0 heterocycles. The zero-order chi connectivity index (χ0) is 11.9. The molecular formula is C9H8Cl3NO2S. The Kier molecular flexibility index (Phi) is 3.39. The molecule has 0 saturated heterocycles. The van der Waals surface area contributed by atoms with E-state index in [-0.39, 0.29) is 21.0 Å². The van der Waals surface area contributed by atoms with E-state index in [0.29, 0.717) is 5.02 Å². The Morgan fingerprint density at radius 3 is 2.06 bits per heavy atom. The first-order valence-electron chi connectivity index (χ1n) is 4.57. The molecule has 0 bridgehead atoms. The van der Waals surface area contributed by atoms with Gasteiger partial charge in [0.2, 0.25) is 10.0 Å². The second-order valence-electron chi connectivity index (χ2n) is 3.59. The lowest BCUT2D eigenvalue weighted by atomic mass is 10.4. The second kappa shape index (κ2) is 4.35. The van der Waals surface area contributed by atoms with E-state index in [1.807, 2.05) is 0 Å². The fourth-order valence-electron chi connectivity index (χ4n) is 1.27. The van der Waals surface area contributed by atoms with E-state index in [1.165, 1.54) is 12.1 Å². The SMILES string of the molecule is O=S(=O)(NC1CC1)c1c(Cl)cc(Cl)cc1Cl. The molecule has 0 aliphatic heterocycles. The Labute approximate surface area is 109 Å². The second-order valence-corrected chi connectivity index (χ2v) is 6.50. The van der Waals surface area contributed by atoms with Gasteiger partial charge in [0.05, 0.1) is 10.0 Å². The molecular weight excluding hydrogens is 293 g/mol. The van der Waals surface area contributed by atoms with Crippen LogP contribution >= 0.6 is 34.8 Å². The average molecular weight is 301 g/mol. The van der Waals surface area contributed by atoms with E-state index < -0.39 is 10.0 Å². The van der Waals surface area contributed by atoms with Crippen LogP contribution in [0.2, 0.25) is 15.1 Å². The highest BCUT2D eigenvalue weighted by atomic mass is 35.5. The van der Waals surface area contributed by atoms with Crippen LogP contribution in [0.15, 0.2) is 17.0 Å². The van der Waals surface area contributed by atoms with Crippen LogP contribution < -0.4 is 4.72 Å². The molecule has 1 aromatic carbocycles. The van der Waals surface area contributed by atoms with Crippen molar-refractivity contribution < 1.29 is 8.42 Å². The van der Waals surface area contributed by atoms with Gasteiger partial charge in [-0.2, -0.15) is 0 Å². The van der Waals surface area contributed by atoms with Crippen LogP contribution in [0.25, 0.3) is 0 Å². The highest BCUT2D eigenvalue weighted by molar-refractivity contribution is 7.89. The minimum Gasteiger partial charge on any atom is -0.208 e. The molecule has 0 atom stereocenters. The van der Waals surface area contributed by atoms with Gasteiger partial charge in [0.25, 0.3) is 0 Å².